The van der Waals surface area contributed by atoms with Crippen LogP contribution in [0.3, 0.4) is 0 Å². The Labute approximate surface area is 92.8 Å². The van der Waals surface area contributed by atoms with E-state index in [2.05, 4.69) is 9.68 Å². The van der Waals surface area contributed by atoms with Gasteiger partial charge in [-0.1, -0.05) is 5.16 Å². The average molecular weight is 241 g/mol. The van der Waals surface area contributed by atoms with Gasteiger partial charge in [-0.05, 0) is 6.07 Å². The van der Waals surface area contributed by atoms with E-state index in [9.17, 15) is 18.9 Å². The third-order valence-corrected chi connectivity index (χ3v) is 2.01. The molecular weight excluding hydrogens is 236 g/mol. The molecule has 1 aromatic heterocycles. The van der Waals surface area contributed by atoms with Crippen LogP contribution in [0.15, 0.2) is 22.7 Å². The number of nitrogen functional groups attached to an aromatic ring is 1. The molecule has 88 valence electrons. The van der Waals surface area contributed by atoms with Gasteiger partial charge in [-0.15, -0.1) is 0 Å². The molecule has 2 N–H and O–H groups in total. The van der Waals surface area contributed by atoms with Crippen LogP contribution in [0.4, 0.5) is 20.3 Å². The van der Waals surface area contributed by atoms with Crippen molar-refractivity contribution in [3.05, 3.63) is 39.9 Å². The van der Waals surface area contributed by atoms with E-state index in [-0.39, 0.29) is 11.6 Å². The zero-order chi connectivity index (χ0) is 12.6. The van der Waals surface area contributed by atoms with Crippen molar-refractivity contribution in [1.82, 2.24) is 5.16 Å². The zero-order valence-electron chi connectivity index (χ0n) is 8.18. The zero-order valence-corrected chi connectivity index (χ0v) is 8.18. The minimum absolute atomic E-state index is 0.0358. The number of nitrogens with two attached hydrogens (primary N) is 1. The van der Waals surface area contributed by atoms with Crippen molar-refractivity contribution < 1.29 is 18.2 Å². The van der Waals surface area contributed by atoms with Crippen LogP contribution in [0.5, 0.6) is 0 Å². The van der Waals surface area contributed by atoms with Crippen LogP contribution < -0.4 is 5.73 Å². The van der Waals surface area contributed by atoms with Crippen molar-refractivity contribution >= 4 is 11.5 Å². The minimum atomic E-state index is -1.20. The Morgan fingerprint density at radius 2 is 2.06 bits per heavy atom. The molecular formula is C9H5F2N3O3. The quantitative estimate of drug-likeness (QED) is 0.641. The first-order valence-corrected chi connectivity index (χ1v) is 4.35. The maximum Gasteiger partial charge on any atom is 0.308 e. The largest absolute Gasteiger partial charge is 0.381 e. The van der Waals surface area contributed by atoms with Crippen LogP contribution in [-0.4, -0.2) is 10.1 Å². The number of nitro groups is 1. The van der Waals surface area contributed by atoms with Crippen molar-refractivity contribution in [3.8, 4) is 11.3 Å². The fourth-order valence-electron chi connectivity index (χ4n) is 1.30. The van der Waals surface area contributed by atoms with Gasteiger partial charge in [-0.3, -0.25) is 10.1 Å². The SMILES string of the molecule is Nc1cc(-c2cc(F)cc([N+](=O)[O-])c2F)on1. The molecule has 0 amide bonds. The molecule has 0 radical (unpaired) electrons. The van der Waals surface area contributed by atoms with Crippen LogP contribution in [0, 0.1) is 21.7 Å². The number of hydrogen-bond acceptors (Lipinski definition) is 5. The lowest BCUT2D eigenvalue weighted by molar-refractivity contribution is -0.387. The highest BCUT2D eigenvalue weighted by Gasteiger charge is 2.23. The Kier molecular flexibility index (Phi) is 2.47. The second-order valence-corrected chi connectivity index (χ2v) is 3.16. The Hall–Kier alpha value is -2.51. The summed E-state index contributed by atoms with van der Waals surface area (Å²) >= 11 is 0. The van der Waals surface area contributed by atoms with Crippen molar-refractivity contribution in [2.75, 3.05) is 5.73 Å². The number of nitrogens with zero attached hydrogens (tertiary/aromatic N) is 2. The van der Waals surface area contributed by atoms with Gasteiger partial charge >= 0.3 is 5.69 Å². The number of aromatic nitrogens is 1. The van der Waals surface area contributed by atoms with Gasteiger partial charge in [0.1, 0.15) is 5.82 Å². The highest BCUT2D eigenvalue weighted by Crippen LogP contribution is 2.31. The van der Waals surface area contributed by atoms with Crippen molar-refractivity contribution in [2.24, 2.45) is 0 Å². The molecule has 0 aliphatic heterocycles. The first-order chi connectivity index (χ1) is 7.99. The van der Waals surface area contributed by atoms with Crippen LogP contribution in [0.25, 0.3) is 11.3 Å². The summed E-state index contributed by atoms with van der Waals surface area (Å²) in [6, 6.07) is 2.39. The molecule has 8 heteroatoms. The number of benzene rings is 1. The van der Waals surface area contributed by atoms with Crippen LogP contribution in [0.1, 0.15) is 0 Å². The smallest absolute Gasteiger partial charge is 0.308 e. The minimum Gasteiger partial charge on any atom is -0.381 e. The van der Waals surface area contributed by atoms with E-state index in [1.165, 1.54) is 0 Å². The topological polar surface area (TPSA) is 95.2 Å². The van der Waals surface area contributed by atoms with Gasteiger partial charge in [-0.25, -0.2) is 4.39 Å². The molecule has 0 aliphatic rings. The van der Waals surface area contributed by atoms with E-state index >= 15 is 0 Å². The third-order valence-electron chi connectivity index (χ3n) is 2.01. The molecule has 0 atom stereocenters. The third kappa shape index (κ3) is 1.92. The molecule has 0 saturated heterocycles. The summed E-state index contributed by atoms with van der Waals surface area (Å²) in [5, 5.41) is 13.8. The van der Waals surface area contributed by atoms with Crippen molar-refractivity contribution in [3.63, 3.8) is 0 Å². The number of hydrogen-bond donors (Lipinski definition) is 1. The molecule has 2 rings (SSSR count). The summed E-state index contributed by atoms with van der Waals surface area (Å²) in [5.74, 6) is -2.37. The van der Waals surface area contributed by atoms with E-state index in [4.69, 9.17) is 5.73 Å². The van der Waals surface area contributed by atoms with Crippen LogP contribution in [0.2, 0.25) is 0 Å². The van der Waals surface area contributed by atoms with Gasteiger partial charge < -0.3 is 10.3 Å². The average Bonchev–Trinajstić information content (AvgIpc) is 2.67. The molecule has 0 unspecified atom stereocenters. The van der Waals surface area contributed by atoms with E-state index in [0.29, 0.717) is 6.07 Å². The summed E-state index contributed by atoms with van der Waals surface area (Å²) in [4.78, 5) is 9.46. The van der Waals surface area contributed by atoms with E-state index in [1.54, 1.807) is 0 Å². The Morgan fingerprint density at radius 1 is 1.35 bits per heavy atom. The molecule has 1 aromatic carbocycles. The lowest BCUT2D eigenvalue weighted by atomic mass is 10.1. The summed E-state index contributed by atoms with van der Waals surface area (Å²) in [5.41, 5.74) is 3.87. The first-order valence-electron chi connectivity index (χ1n) is 4.35. The highest BCUT2D eigenvalue weighted by molar-refractivity contribution is 5.64. The van der Waals surface area contributed by atoms with Gasteiger partial charge in [0.25, 0.3) is 0 Å². The Balaban J connectivity index is 2.66. The van der Waals surface area contributed by atoms with Gasteiger partial charge in [-0.2, -0.15) is 4.39 Å². The van der Waals surface area contributed by atoms with Crippen molar-refractivity contribution in [1.29, 1.82) is 0 Å². The van der Waals surface area contributed by atoms with Gasteiger partial charge in [0, 0.05) is 6.07 Å². The summed E-state index contributed by atoms with van der Waals surface area (Å²) < 4.78 is 31.4. The molecule has 17 heavy (non-hydrogen) atoms. The van der Waals surface area contributed by atoms with E-state index in [1.807, 2.05) is 0 Å². The normalized spacial score (nSPS) is 10.5. The lowest BCUT2D eigenvalue weighted by Crippen LogP contribution is -1.96. The number of nitro benzene ring substituents is 1. The predicted octanol–water partition coefficient (Wildman–Crippen LogP) is 2.11. The fraction of sp³-hybridized carbons (Fsp3) is 0. The summed E-state index contributed by atoms with van der Waals surface area (Å²) in [6.07, 6.45) is 0. The highest BCUT2D eigenvalue weighted by atomic mass is 19.1. The first kappa shape index (κ1) is 11.0. The second kappa shape index (κ2) is 3.81. The molecule has 0 saturated carbocycles. The number of rotatable bonds is 2. The maximum atomic E-state index is 13.7. The number of halogens is 2. The Bertz CT molecular complexity index is 597. The molecule has 1 heterocycles. The van der Waals surface area contributed by atoms with Gasteiger partial charge in [0.2, 0.25) is 5.82 Å². The molecule has 0 bridgehead atoms. The predicted molar refractivity (Wildman–Crippen MR) is 52.9 cm³/mol. The summed E-state index contributed by atoms with van der Waals surface area (Å²) in [6.45, 7) is 0. The molecule has 6 nitrogen and oxygen atoms in total. The monoisotopic (exact) mass is 241 g/mol. The van der Waals surface area contributed by atoms with Gasteiger partial charge in [0.05, 0.1) is 16.6 Å². The molecule has 2 aromatic rings. The standard InChI is InChI=1S/C9H5F2N3O3/c10-4-1-5(7-3-8(12)13-17-7)9(11)6(2-4)14(15)16/h1-3H,(H2,12,13). The molecule has 0 spiro atoms. The van der Waals surface area contributed by atoms with Crippen molar-refractivity contribution in [2.45, 2.75) is 0 Å². The molecule has 0 fully saturated rings. The van der Waals surface area contributed by atoms with Crippen LogP contribution in [-0.2, 0) is 0 Å². The summed E-state index contributed by atoms with van der Waals surface area (Å²) in [7, 11) is 0. The maximum absolute atomic E-state index is 13.7. The van der Waals surface area contributed by atoms with E-state index < -0.39 is 27.8 Å². The number of anilines is 1. The fourth-order valence-corrected chi connectivity index (χ4v) is 1.30. The lowest BCUT2D eigenvalue weighted by Gasteiger charge is -2.00. The Morgan fingerprint density at radius 3 is 2.59 bits per heavy atom. The van der Waals surface area contributed by atoms with Crippen LogP contribution >= 0.6 is 0 Å². The van der Waals surface area contributed by atoms with E-state index in [0.717, 1.165) is 12.1 Å². The molecule has 0 aliphatic carbocycles. The van der Waals surface area contributed by atoms with Gasteiger partial charge in [0.15, 0.2) is 11.6 Å². The second-order valence-electron chi connectivity index (χ2n) is 3.16.